The second-order valence-corrected chi connectivity index (χ2v) is 7.34. The first-order valence-electron chi connectivity index (χ1n) is 9.02. The van der Waals surface area contributed by atoms with E-state index in [2.05, 4.69) is 17.1 Å². The molecule has 0 aliphatic carbocycles. The molecule has 1 aliphatic heterocycles. The summed E-state index contributed by atoms with van der Waals surface area (Å²) in [6.07, 6.45) is 1.04. The van der Waals surface area contributed by atoms with Gasteiger partial charge in [-0.1, -0.05) is 48.9 Å². The van der Waals surface area contributed by atoms with Gasteiger partial charge in [0.1, 0.15) is 0 Å². The first-order chi connectivity index (χ1) is 12.0. The second kappa shape index (κ2) is 7.76. The zero-order valence-electron chi connectivity index (χ0n) is 15.0. The van der Waals surface area contributed by atoms with E-state index in [-0.39, 0.29) is 6.42 Å². The summed E-state index contributed by atoms with van der Waals surface area (Å²) in [5, 5.41) is 1.48. The highest BCUT2D eigenvalue weighted by molar-refractivity contribution is 6.23. The molecule has 0 aromatic heterocycles. The van der Waals surface area contributed by atoms with Crippen molar-refractivity contribution in [3.8, 4) is 0 Å². The Bertz CT molecular complexity index is 724. The van der Waals surface area contributed by atoms with Gasteiger partial charge in [-0.15, -0.1) is 0 Å². The van der Waals surface area contributed by atoms with Crippen LogP contribution >= 0.6 is 11.6 Å². The number of piperazine rings is 1. The van der Waals surface area contributed by atoms with Crippen LogP contribution in [0.15, 0.2) is 42.5 Å². The fourth-order valence-electron chi connectivity index (χ4n) is 3.46. The Hall–Kier alpha value is -1.58. The molecule has 1 heterocycles. The van der Waals surface area contributed by atoms with Gasteiger partial charge in [-0.05, 0) is 42.2 Å². The van der Waals surface area contributed by atoms with E-state index < -0.39 is 5.13 Å². The Morgan fingerprint density at radius 2 is 1.84 bits per heavy atom. The van der Waals surface area contributed by atoms with E-state index in [0.29, 0.717) is 5.56 Å². The van der Waals surface area contributed by atoms with Crippen molar-refractivity contribution in [1.82, 2.24) is 5.32 Å². The molecule has 4 heteroatoms. The monoisotopic (exact) mass is 360 g/mol. The fraction of sp³-hybridized carbons (Fsp3) is 0.429. The Balaban J connectivity index is 1.87. The molecule has 0 radical (unpaired) electrons. The van der Waals surface area contributed by atoms with Crippen molar-refractivity contribution >= 4 is 17.3 Å². The molecule has 1 atom stereocenters. The molecule has 1 N–H and O–H groups in total. The third kappa shape index (κ3) is 4.16. The Labute approximate surface area is 155 Å². The van der Waals surface area contributed by atoms with Gasteiger partial charge in [0.15, 0.2) is 0 Å². The third-order valence-electron chi connectivity index (χ3n) is 5.01. The Kier molecular flexibility index (Phi) is 5.65. The number of benzene rings is 2. The number of hydrogen-bond donors (Lipinski definition) is 1. The zero-order valence-corrected chi connectivity index (χ0v) is 15.7. The highest BCUT2D eigenvalue weighted by Gasteiger charge is 2.31. The molecule has 0 saturated carbocycles. The molecule has 1 aliphatic rings. The SMILES string of the molecule is CCc1cc(C(F)(Cl)Cc2ccccc2C)ccc1N1CCNCC1. The van der Waals surface area contributed by atoms with Crippen LogP contribution in [0.5, 0.6) is 0 Å². The van der Waals surface area contributed by atoms with Crippen molar-refractivity contribution in [2.75, 3.05) is 31.1 Å². The van der Waals surface area contributed by atoms with Crippen LogP contribution in [0.1, 0.15) is 29.2 Å². The first-order valence-corrected chi connectivity index (χ1v) is 9.40. The van der Waals surface area contributed by atoms with Gasteiger partial charge in [-0.2, -0.15) is 0 Å². The normalized spacial score (nSPS) is 17.4. The van der Waals surface area contributed by atoms with Gasteiger partial charge in [-0.25, -0.2) is 4.39 Å². The molecule has 3 rings (SSSR count). The molecule has 25 heavy (non-hydrogen) atoms. The summed E-state index contributed by atoms with van der Waals surface area (Å²) in [6, 6.07) is 13.7. The summed E-state index contributed by atoms with van der Waals surface area (Å²) in [6.45, 7) is 8.05. The second-order valence-electron chi connectivity index (χ2n) is 6.74. The molecule has 0 amide bonds. The molecule has 2 nitrogen and oxygen atoms in total. The minimum Gasteiger partial charge on any atom is -0.369 e. The van der Waals surface area contributed by atoms with Crippen LogP contribution in [0.25, 0.3) is 0 Å². The van der Waals surface area contributed by atoms with Crippen molar-refractivity contribution < 1.29 is 4.39 Å². The largest absolute Gasteiger partial charge is 0.369 e. The van der Waals surface area contributed by atoms with Crippen molar-refractivity contribution in [3.63, 3.8) is 0 Å². The van der Waals surface area contributed by atoms with Gasteiger partial charge in [0.05, 0.1) is 0 Å². The van der Waals surface area contributed by atoms with Crippen molar-refractivity contribution in [2.45, 2.75) is 31.8 Å². The number of anilines is 1. The van der Waals surface area contributed by atoms with Gasteiger partial charge in [0.2, 0.25) is 5.13 Å². The minimum atomic E-state index is -1.89. The van der Waals surface area contributed by atoms with E-state index in [9.17, 15) is 0 Å². The lowest BCUT2D eigenvalue weighted by molar-refractivity contribution is 0.282. The van der Waals surface area contributed by atoms with Gasteiger partial charge in [0, 0.05) is 43.9 Å². The van der Waals surface area contributed by atoms with Crippen molar-refractivity contribution in [1.29, 1.82) is 0 Å². The van der Waals surface area contributed by atoms with Crippen LogP contribution in [0.4, 0.5) is 10.1 Å². The summed E-state index contributed by atoms with van der Waals surface area (Å²) in [7, 11) is 0. The van der Waals surface area contributed by atoms with Crippen molar-refractivity contribution in [2.24, 2.45) is 0 Å². The topological polar surface area (TPSA) is 15.3 Å². The van der Waals surface area contributed by atoms with Crippen LogP contribution in [-0.4, -0.2) is 26.2 Å². The molecule has 134 valence electrons. The maximum Gasteiger partial charge on any atom is 0.212 e. The van der Waals surface area contributed by atoms with E-state index in [4.69, 9.17) is 11.6 Å². The van der Waals surface area contributed by atoms with Crippen LogP contribution in [-0.2, 0) is 18.0 Å². The maximum absolute atomic E-state index is 15.3. The lowest BCUT2D eigenvalue weighted by atomic mass is 9.96. The molecular formula is C21H26ClFN2. The lowest BCUT2D eigenvalue weighted by Crippen LogP contribution is -2.43. The summed E-state index contributed by atoms with van der Waals surface area (Å²) in [4.78, 5) is 2.37. The number of nitrogens with zero attached hydrogens (tertiary/aromatic N) is 1. The number of nitrogens with one attached hydrogen (secondary N) is 1. The predicted octanol–water partition coefficient (Wildman–Crippen LogP) is 4.57. The standard InChI is InChI=1S/C21H26ClFN2/c1-3-17-14-19(8-9-20(17)25-12-10-24-11-13-25)21(22,23)15-18-7-5-4-6-16(18)2/h4-9,14,24H,3,10-13,15H2,1-2H3. The van der Waals surface area contributed by atoms with Crippen LogP contribution in [0.3, 0.4) is 0 Å². The molecule has 0 spiro atoms. The van der Waals surface area contributed by atoms with Gasteiger partial charge in [-0.3, -0.25) is 0 Å². The Morgan fingerprint density at radius 3 is 2.52 bits per heavy atom. The fourth-order valence-corrected chi connectivity index (χ4v) is 3.72. The smallest absolute Gasteiger partial charge is 0.212 e. The molecule has 0 bridgehead atoms. The van der Waals surface area contributed by atoms with Crippen molar-refractivity contribution in [3.05, 3.63) is 64.7 Å². The van der Waals surface area contributed by atoms with E-state index in [1.165, 1.54) is 5.69 Å². The quantitative estimate of drug-likeness (QED) is 0.786. The average Bonchev–Trinajstić information content (AvgIpc) is 2.63. The summed E-state index contributed by atoms with van der Waals surface area (Å²) < 4.78 is 15.3. The zero-order chi connectivity index (χ0) is 17.9. The molecular weight excluding hydrogens is 335 g/mol. The number of rotatable bonds is 5. The van der Waals surface area contributed by atoms with Gasteiger partial charge < -0.3 is 10.2 Å². The summed E-state index contributed by atoms with van der Waals surface area (Å²) in [5.41, 5.74) is 4.93. The van der Waals surface area contributed by atoms with E-state index in [1.54, 1.807) is 0 Å². The van der Waals surface area contributed by atoms with Gasteiger partial charge >= 0.3 is 0 Å². The summed E-state index contributed by atoms with van der Waals surface area (Å²) >= 11 is 6.34. The molecule has 2 aromatic carbocycles. The lowest BCUT2D eigenvalue weighted by Gasteiger charge is -2.32. The average molecular weight is 361 g/mol. The molecule has 1 fully saturated rings. The highest BCUT2D eigenvalue weighted by atomic mass is 35.5. The minimum absolute atomic E-state index is 0.178. The van der Waals surface area contributed by atoms with Crippen LogP contribution in [0, 0.1) is 6.92 Å². The number of halogens is 2. The van der Waals surface area contributed by atoms with Crippen LogP contribution < -0.4 is 10.2 Å². The maximum atomic E-state index is 15.3. The Morgan fingerprint density at radius 1 is 1.12 bits per heavy atom. The number of aryl methyl sites for hydroxylation is 2. The highest BCUT2D eigenvalue weighted by Crippen LogP contribution is 2.37. The van der Waals surface area contributed by atoms with E-state index >= 15 is 4.39 Å². The third-order valence-corrected chi connectivity index (χ3v) is 5.37. The van der Waals surface area contributed by atoms with Crippen LogP contribution in [0.2, 0.25) is 0 Å². The van der Waals surface area contributed by atoms with E-state index in [1.807, 2.05) is 49.4 Å². The van der Waals surface area contributed by atoms with E-state index in [0.717, 1.165) is 49.3 Å². The molecule has 1 saturated heterocycles. The first kappa shape index (κ1) is 18.2. The summed E-state index contributed by atoms with van der Waals surface area (Å²) in [5.74, 6) is 0. The number of hydrogen-bond acceptors (Lipinski definition) is 2. The molecule has 2 aromatic rings. The molecule has 1 unspecified atom stereocenters. The predicted molar refractivity (Wildman–Crippen MR) is 104 cm³/mol. The van der Waals surface area contributed by atoms with Gasteiger partial charge in [0.25, 0.3) is 0 Å². The number of alkyl halides is 2.